The molecule has 2 atom stereocenters. The molecule has 0 bridgehead atoms. The van der Waals surface area contributed by atoms with E-state index >= 15 is 0 Å². The number of amides is 1. The molecule has 0 saturated carbocycles. The summed E-state index contributed by atoms with van der Waals surface area (Å²) in [7, 11) is 0. The summed E-state index contributed by atoms with van der Waals surface area (Å²) < 4.78 is 5.53. The van der Waals surface area contributed by atoms with Gasteiger partial charge in [0.05, 0.1) is 6.20 Å². The molecule has 1 amide bonds. The van der Waals surface area contributed by atoms with Gasteiger partial charge in [-0.2, -0.15) is 0 Å². The first-order valence-corrected chi connectivity index (χ1v) is 6.67. The maximum atomic E-state index is 11.6. The van der Waals surface area contributed by atoms with Crippen molar-refractivity contribution in [3.05, 3.63) is 24.0 Å². The van der Waals surface area contributed by atoms with E-state index in [1.807, 2.05) is 26.0 Å². The molecule has 0 spiro atoms. The highest BCUT2D eigenvalue weighted by Crippen LogP contribution is 2.12. The fraction of sp³-hybridized carbons (Fsp3) is 0.571. The highest BCUT2D eigenvalue weighted by atomic mass is 16.5. The standard InChI is InChI=1S/C14H23N3O2/c1-4-7-16-14(18)11(3)19-13-6-5-12(17-9-13)8-10(2)15/h5-6,9-11H,4,7-8,15H2,1-3H3,(H,16,18). The Labute approximate surface area is 114 Å². The summed E-state index contributed by atoms with van der Waals surface area (Å²) in [6, 6.07) is 3.77. The van der Waals surface area contributed by atoms with Crippen molar-refractivity contribution in [2.24, 2.45) is 5.73 Å². The number of aromatic nitrogens is 1. The van der Waals surface area contributed by atoms with Crippen LogP contribution in [-0.4, -0.2) is 29.6 Å². The Balaban J connectivity index is 2.50. The Morgan fingerprint density at radius 3 is 2.74 bits per heavy atom. The molecule has 1 aromatic heterocycles. The minimum absolute atomic E-state index is 0.0815. The Morgan fingerprint density at radius 2 is 2.21 bits per heavy atom. The lowest BCUT2D eigenvalue weighted by molar-refractivity contribution is -0.127. The van der Waals surface area contributed by atoms with E-state index in [-0.39, 0.29) is 11.9 Å². The molecular weight excluding hydrogens is 242 g/mol. The predicted octanol–water partition coefficient (Wildman–Crippen LogP) is 1.26. The second-order valence-electron chi connectivity index (χ2n) is 4.72. The molecule has 0 aliphatic carbocycles. The van der Waals surface area contributed by atoms with Crippen LogP contribution in [0.2, 0.25) is 0 Å². The van der Waals surface area contributed by atoms with Gasteiger partial charge in [0.15, 0.2) is 6.10 Å². The van der Waals surface area contributed by atoms with Crippen LogP contribution in [-0.2, 0) is 11.2 Å². The molecule has 2 unspecified atom stereocenters. The fourth-order valence-corrected chi connectivity index (χ4v) is 1.58. The Kier molecular flexibility index (Phi) is 6.29. The molecule has 19 heavy (non-hydrogen) atoms. The van der Waals surface area contributed by atoms with Crippen LogP contribution < -0.4 is 15.8 Å². The summed E-state index contributed by atoms with van der Waals surface area (Å²) in [5.41, 5.74) is 6.63. The van der Waals surface area contributed by atoms with Crippen LogP contribution in [0.3, 0.4) is 0 Å². The van der Waals surface area contributed by atoms with Gasteiger partial charge in [-0.1, -0.05) is 6.92 Å². The van der Waals surface area contributed by atoms with Crippen molar-refractivity contribution in [3.8, 4) is 5.75 Å². The molecule has 1 heterocycles. The van der Waals surface area contributed by atoms with Crippen LogP contribution >= 0.6 is 0 Å². The van der Waals surface area contributed by atoms with Gasteiger partial charge in [0.1, 0.15) is 5.75 Å². The molecular formula is C14H23N3O2. The van der Waals surface area contributed by atoms with Crippen LogP contribution in [0.25, 0.3) is 0 Å². The van der Waals surface area contributed by atoms with E-state index in [2.05, 4.69) is 10.3 Å². The van der Waals surface area contributed by atoms with Crippen molar-refractivity contribution < 1.29 is 9.53 Å². The lowest BCUT2D eigenvalue weighted by Gasteiger charge is -2.14. The molecule has 1 aromatic rings. The Hall–Kier alpha value is -1.62. The zero-order valence-electron chi connectivity index (χ0n) is 11.8. The van der Waals surface area contributed by atoms with Gasteiger partial charge in [-0.25, -0.2) is 0 Å². The van der Waals surface area contributed by atoms with E-state index in [0.717, 1.165) is 18.5 Å². The average Bonchev–Trinajstić information content (AvgIpc) is 2.37. The largest absolute Gasteiger partial charge is 0.479 e. The summed E-state index contributed by atoms with van der Waals surface area (Å²) in [6.45, 7) is 6.33. The van der Waals surface area contributed by atoms with Crippen LogP contribution in [0.5, 0.6) is 5.75 Å². The lowest BCUT2D eigenvalue weighted by atomic mass is 10.2. The first-order valence-electron chi connectivity index (χ1n) is 6.67. The molecule has 0 radical (unpaired) electrons. The van der Waals surface area contributed by atoms with Gasteiger partial charge in [-0.3, -0.25) is 9.78 Å². The third-order valence-corrected chi connectivity index (χ3v) is 2.56. The number of carbonyl (C=O) groups is 1. The predicted molar refractivity (Wildman–Crippen MR) is 75.0 cm³/mol. The molecule has 5 nitrogen and oxygen atoms in total. The molecule has 0 aliphatic rings. The van der Waals surface area contributed by atoms with Crippen LogP contribution in [0, 0.1) is 0 Å². The number of nitrogens with zero attached hydrogens (tertiary/aromatic N) is 1. The maximum Gasteiger partial charge on any atom is 0.260 e. The molecule has 0 fully saturated rings. The van der Waals surface area contributed by atoms with E-state index in [4.69, 9.17) is 10.5 Å². The smallest absolute Gasteiger partial charge is 0.260 e. The lowest BCUT2D eigenvalue weighted by Crippen LogP contribution is -2.36. The number of rotatable bonds is 7. The summed E-state index contributed by atoms with van der Waals surface area (Å²) in [6.07, 6.45) is 2.74. The topological polar surface area (TPSA) is 77.2 Å². The summed E-state index contributed by atoms with van der Waals surface area (Å²) in [4.78, 5) is 15.9. The second-order valence-corrected chi connectivity index (χ2v) is 4.72. The number of carbonyl (C=O) groups excluding carboxylic acids is 1. The van der Waals surface area contributed by atoms with Gasteiger partial charge < -0.3 is 15.8 Å². The minimum Gasteiger partial charge on any atom is -0.479 e. The second kappa shape index (κ2) is 7.74. The van der Waals surface area contributed by atoms with Gasteiger partial charge in [-0.15, -0.1) is 0 Å². The van der Waals surface area contributed by atoms with Gasteiger partial charge in [0.2, 0.25) is 0 Å². The van der Waals surface area contributed by atoms with Crippen molar-refractivity contribution in [1.82, 2.24) is 10.3 Å². The van der Waals surface area contributed by atoms with Crippen LogP contribution in [0.15, 0.2) is 18.3 Å². The van der Waals surface area contributed by atoms with E-state index in [1.54, 1.807) is 13.1 Å². The van der Waals surface area contributed by atoms with Crippen molar-refractivity contribution in [1.29, 1.82) is 0 Å². The summed E-state index contributed by atoms with van der Waals surface area (Å²) in [5, 5.41) is 2.79. The van der Waals surface area contributed by atoms with Gasteiger partial charge in [0, 0.05) is 24.7 Å². The van der Waals surface area contributed by atoms with E-state index in [1.165, 1.54) is 0 Å². The number of hydrogen-bond acceptors (Lipinski definition) is 4. The van der Waals surface area contributed by atoms with Gasteiger partial charge in [0.25, 0.3) is 5.91 Å². The van der Waals surface area contributed by atoms with Gasteiger partial charge >= 0.3 is 0 Å². The molecule has 0 saturated heterocycles. The molecule has 1 rings (SSSR count). The van der Waals surface area contributed by atoms with Crippen molar-refractivity contribution >= 4 is 5.91 Å². The van der Waals surface area contributed by atoms with Crippen LogP contribution in [0.4, 0.5) is 0 Å². The zero-order chi connectivity index (χ0) is 14.3. The third kappa shape index (κ3) is 5.70. The molecule has 0 aromatic carbocycles. The first-order chi connectivity index (χ1) is 9.02. The highest BCUT2D eigenvalue weighted by molar-refractivity contribution is 5.80. The van der Waals surface area contributed by atoms with Crippen molar-refractivity contribution in [3.63, 3.8) is 0 Å². The summed E-state index contributed by atoms with van der Waals surface area (Å²) in [5.74, 6) is 0.481. The number of ether oxygens (including phenoxy) is 1. The summed E-state index contributed by atoms with van der Waals surface area (Å²) >= 11 is 0. The zero-order valence-corrected chi connectivity index (χ0v) is 11.8. The average molecular weight is 265 g/mol. The monoisotopic (exact) mass is 265 g/mol. The number of nitrogens with two attached hydrogens (primary N) is 1. The molecule has 106 valence electrons. The SMILES string of the molecule is CCCNC(=O)C(C)Oc1ccc(CC(C)N)nc1. The number of nitrogens with one attached hydrogen (secondary N) is 1. The van der Waals surface area contributed by atoms with E-state index < -0.39 is 6.10 Å². The quantitative estimate of drug-likeness (QED) is 0.778. The van der Waals surface area contributed by atoms with Gasteiger partial charge in [-0.05, 0) is 32.4 Å². The highest BCUT2D eigenvalue weighted by Gasteiger charge is 2.13. The van der Waals surface area contributed by atoms with Crippen LogP contribution in [0.1, 0.15) is 32.9 Å². The molecule has 3 N–H and O–H groups in total. The van der Waals surface area contributed by atoms with E-state index in [0.29, 0.717) is 12.3 Å². The normalized spacial score (nSPS) is 13.7. The number of hydrogen-bond donors (Lipinski definition) is 2. The first kappa shape index (κ1) is 15.4. The number of pyridine rings is 1. The third-order valence-electron chi connectivity index (χ3n) is 2.56. The van der Waals surface area contributed by atoms with E-state index in [9.17, 15) is 4.79 Å². The van der Waals surface area contributed by atoms with Crippen molar-refractivity contribution in [2.45, 2.75) is 45.8 Å². The Bertz CT molecular complexity index is 390. The Morgan fingerprint density at radius 1 is 1.47 bits per heavy atom. The molecule has 5 heteroatoms. The minimum atomic E-state index is -0.521. The fourth-order valence-electron chi connectivity index (χ4n) is 1.58. The maximum absolute atomic E-state index is 11.6. The van der Waals surface area contributed by atoms with Crippen molar-refractivity contribution in [2.75, 3.05) is 6.54 Å². The molecule has 0 aliphatic heterocycles.